The van der Waals surface area contributed by atoms with E-state index in [9.17, 15) is 5.11 Å². The van der Waals surface area contributed by atoms with Crippen LogP contribution in [0.1, 0.15) is 25.7 Å². The van der Waals surface area contributed by atoms with Gasteiger partial charge in [0.2, 0.25) is 0 Å². The van der Waals surface area contributed by atoms with Gasteiger partial charge in [0.15, 0.2) is 0 Å². The third kappa shape index (κ3) is 5.25. The molecule has 0 aromatic rings. The Morgan fingerprint density at radius 1 is 1.19 bits per heavy atom. The molecule has 0 atom stereocenters. The van der Waals surface area contributed by atoms with Gasteiger partial charge in [0.1, 0.15) is 0 Å². The van der Waals surface area contributed by atoms with Crippen molar-refractivity contribution in [1.82, 2.24) is 4.90 Å². The largest absolute Gasteiger partial charge is 0.389 e. The van der Waals surface area contributed by atoms with Crippen molar-refractivity contribution in [2.75, 3.05) is 47.1 Å². The highest BCUT2D eigenvalue weighted by Gasteiger charge is 2.31. The summed E-state index contributed by atoms with van der Waals surface area (Å²) in [5.41, 5.74) is -0.443. The molecule has 16 heavy (non-hydrogen) atoms. The maximum absolute atomic E-state index is 10.2. The summed E-state index contributed by atoms with van der Waals surface area (Å²) < 4.78 is 10.3. The van der Waals surface area contributed by atoms with Crippen LogP contribution in [0.15, 0.2) is 0 Å². The Morgan fingerprint density at radius 3 is 2.50 bits per heavy atom. The molecule has 0 heterocycles. The van der Waals surface area contributed by atoms with Gasteiger partial charge < -0.3 is 19.5 Å². The van der Waals surface area contributed by atoms with Crippen LogP contribution in [0.2, 0.25) is 0 Å². The molecular weight excluding hydrogens is 206 g/mol. The van der Waals surface area contributed by atoms with Crippen LogP contribution in [0.3, 0.4) is 0 Å². The van der Waals surface area contributed by atoms with E-state index in [2.05, 4.69) is 4.90 Å². The topological polar surface area (TPSA) is 41.9 Å². The van der Waals surface area contributed by atoms with E-state index in [0.717, 1.165) is 38.8 Å². The molecule has 0 bridgehead atoms. The third-order valence-corrected chi connectivity index (χ3v) is 3.15. The fourth-order valence-electron chi connectivity index (χ4n) is 2.24. The first kappa shape index (κ1) is 13.9. The zero-order valence-corrected chi connectivity index (χ0v) is 10.6. The first-order valence-electron chi connectivity index (χ1n) is 6.14. The molecule has 1 aliphatic carbocycles. The molecule has 1 aliphatic rings. The Morgan fingerprint density at radius 2 is 1.88 bits per heavy atom. The average molecular weight is 231 g/mol. The fraction of sp³-hybridized carbons (Fsp3) is 1.00. The first-order chi connectivity index (χ1) is 7.66. The molecule has 4 nitrogen and oxygen atoms in total. The van der Waals surface area contributed by atoms with Crippen molar-refractivity contribution >= 4 is 0 Å². The number of ether oxygens (including phenoxy) is 2. The molecule has 0 aromatic carbocycles. The second-order valence-corrected chi connectivity index (χ2v) is 4.77. The Balaban J connectivity index is 2.04. The minimum absolute atomic E-state index is 0.443. The van der Waals surface area contributed by atoms with E-state index in [1.807, 2.05) is 7.05 Å². The maximum atomic E-state index is 10.2. The van der Waals surface area contributed by atoms with Gasteiger partial charge in [0.25, 0.3) is 0 Å². The van der Waals surface area contributed by atoms with E-state index in [-0.39, 0.29) is 0 Å². The number of nitrogens with zero attached hydrogens (tertiary/aromatic N) is 1. The lowest BCUT2D eigenvalue weighted by Crippen LogP contribution is -2.40. The molecule has 96 valence electrons. The molecule has 1 fully saturated rings. The smallest absolute Gasteiger partial charge is 0.0774 e. The number of hydrogen-bond acceptors (Lipinski definition) is 4. The van der Waals surface area contributed by atoms with Crippen molar-refractivity contribution in [3.63, 3.8) is 0 Å². The minimum Gasteiger partial charge on any atom is -0.389 e. The third-order valence-electron chi connectivity index (χ3n) is 3.15. The molecule has 0 amide bonds. The van der Waals surface area contributed by atoms with Crippen LogP contribution in [-0.4, -0.2) is 62.7 Å². The van der Waals surface area contributed by atoms with E-state index in [4.69, 9.17) is 9.47 Å². The fourth-order valence-corrected chi connectivity index (χ4v) is 2.24. The Bertz CT molecular complexity index is 181. The summed E-state index contributed by atoms with van der Waals surface area (Å²) in [5, 5.41) is 10.2. The van der Waals surface area contributed by atoms with Gasteiger partial charge >= 0.3 is 0 Å². The number of likely N-dealkylation sites (N-methyl/N-ethyl adjacent to an activating group) is 1. The van der Waals surface area contributed by atoms with Gasteiger partial charge in [-0.25, -0.2) is 0 Å². The Labute approximate surface area is 98.5 Å². The van der Waals surface area contributed by atoms with Crippen molar-refractivity contribution in [2.24, 2.45) is 0 Å². The van der Waals surface area contributed by atoms with Crippen LogP contribution in [0.25, 0.3) is 0 Å². The molecule has 0 saturated heterocycles. The number of methoxy groups -OCH3 is 1. The predicted octanol–water partition coefficient (Wildman–Crippen LogP) is 0.886. The van der Waals surface area contributed by atoms with Crippen molar-refractivity contribution < 1.29 is 14.6 Å². The Kier molecular flexibility index (Phi) is 6.28. The quantitative estimate of drug-likeness (QED) is 0.630. The molecule has 0 aromatic heterocycles. The Hall–Kier alpha value is -0.160. The SMILES string of the molecule is COCCOCCN(C)CC1(O)CCCC1. The zero-order valence-electron chi connectivity index (χ0n) is 10.6. The summed E-state index contributed by atoms with van der Waals surface area (Å²) in [6.07, 6.45) is 4.22. The number of rotatable bonds is 8. The standard InChI is InChI=1S/C12H25NO3/c1-13(7-8-16-10-9-15-2)11-12(14)5-3-4-6-12/h14H,3-11H2,1-2H3. The summed E-state index contributed by atoms with van der Waals surface area (Å²) in [6, 6.07) is 0. The lowest BCUT2D eigenvalue weighted by atomic mass is 10.0. The maximum Gasteiger partial charge on any atom is 0.0774 e. The van der Waals surface area contributed by atoms with E-state index in [1.165, 1.54) is 0 Å². The lowest BCUT2D eigenvalue weighted by Gasteiger charge is -2.28. The second-order valence-electron chi connectivity index (χ2n) is 4.77. The second kappa shape index (κ2) is 7.22. The normalized spacial score (nSPS) is 19.5. The van der Waals surface area contributed by atoms with Crippen molar-refractivity contribution in [1.29, 1.82) is 0 Å². The molecule has 0 spiro atoms. The summed E-state index contributed by atoms with van der Waals surface area (Å²) in [5.74, 6) is 0. The number of hydrogen-bond donors (Lipinski definition) is 1. The average Bonchev–Trinajstić information content (AvgIpc) is 2.64. The first-order valence-corrected chi connectivity index (χ1v) is 6.14. The van der Waals surface area contributed by atoms with Crippen LogP contribution in [0, 0.1) is 0 Å². The van der Waals surface area contributed by atoms with Crippen molar-refractivity contribution in [3.05, 3.63) is 0 Å². The molecule has 1 rings (SSSR count). The molecule has 4 heteroatoms. The van der Waals surface area contributed by atoms with Crippen molar-refractivity contribution in [2.45, 2.75) is 31.3 Å². The molecular formula is C12H25NO3. The van der Waals surface area contributed by atoms with Crippen LogP contribution in [0.5, 0.6) is 0 Å². The van der Waals surface area contributed by atoms with Crippen LogP contribution in [-0.2, 0) is 9.47 Å². The number of aliphatic hydroxyl groups is 1. The van der Waals surface area contributed by atoms with Crippen LogP contribution >= 0.6 is 0 Å². The molecule has 0 unspecified atom stereocenters. The highest BCUT2D eigenvalue weighted by Crippen LogP contribution is 2.29. The monoisotopic (exact) mass is 231 g/mol. The molecule has 0 radical (unpaired) electrons. The predicted molar refractivity (Wildman–Crippen MR) is 63.6 cm³/mol. The summed E-state index contributed by atoms with van der Waals surface area (Å²) in [6.45, 7) is 3.63. The summed E-state index contributed by atoms with van der Waals surface area (Å²) >= 11 is 0. The highest BCUT2D eigenvalue weighted by molar-refractivity contribution is 4.86. The van der Waals surface area contributed by atoms with Crippen molar-refractivity contribution in [3.8, 4) is 0 Å². The van der Waals surface area contributed by atoms with Crippen LogP contribution < -0.4 is 0 Å². The van der Waals surface area contributed by atoms with Gasteiger partial charge in [-0.1, -0.05) is 12.8 Å². The highest BCUT2D eigenvalue weighted by atomic mass is 16.5. The minimum atomic E-state index is -0.443. The summed E-state index contributed by atoms with van der Waals surface area (Å²) in [4.78, 5) is 2.15. The van der Waals surface area contributed by atoms with E-state index in [0.29, 0.717) is 19.8 Å². The van der Waals surface area contributed by atoms with Crippen LogP contribution in [0.4, 0.5) is 0 Å². The van der Waals surface area contributed by atoms with Gasteiger partial charge in [-0.3, -0.25) is 0 Å². The van der Waals surface area contributed by atoms with E-state index >= 15 is 0 Å². The molecule has 1 N–H and O–H groups in total. The van der Waals surface area contributed by atoms with Gasteiger partial charge in [0, 0.05) is 20.2 Å². The van der Waals surface area contributed by atoms with Gasteiger partial charge in [0.05, 0.1) is 25.4 Å². The van der Waals surface area contributed by atoms with Gasteiger partial charge in [-0.2, -0.15) is 0 Å². The summed E-state index contributed by atoms with van der Waals surface area (Å²) in [7, 11) is 3.71. The molecule has 0 aliphatic heterocycles. The van der Waals surface area contributed by atoms with E-state index in [1.54, 1.807) is 7.11 Å². The zero-order chi connectivity index (χ0) is 11.9. The van der Waals surface area contributed by atoms with E-state index < -0.39 is 5.60 Å². The van der Waals surface area contributed by atoms with Gasteiger partial charge in [-0.05, 0) is 19.9 Å². The lowest BCUT2D eigenvalue weighted by molar-refractivity contribution is 0.00479. The molecule has 1 saturated carbocycles. The van der Waals surface area contributed by atoms with Gasteiger partial charge in [-0.15, -0.1) is 0 Å².